The topological polar surface area (TPSA) is 400 Å². The molecule has 0 aliphatic heterocycles. The first kappa shape index (κ1) is 53.7. The van der Waals surface area contributed by atoms with Crippen LogP contribution < -0.4 is 71.6 Å². The molecule has 0 spiro atoms. The highest BCUT2D eigenvalue weighted by Crippen LogP contribution is 2.07. The van der Waals surface area contributed by atoms with Crippen LogP contribution in [0.4, 0.5) is 0 Å². The molecule has 0 saturated heterocycles. The number of carbonyl (C=O) groups is 6. The zero-order chi connectivity index (χ0) is 43.6. The Hall–Kier alpha value is -5.45. The Kier molecular flexibility index (Phi) is 31.9. The van der Waals surface area contributed by atoms with E-state index in [1.54, 1.807) is 0 Å². The highest BCUT2D eigenvalue weighted by Gasteiger charge is 2.30. The van der Waals surface area contributed by atoms with E-state index in [1.165, 1.54) is 0 Å². The highest BCUT2D eigenvalue weighted by molar-refractivity contribution is 5.95. The van der Waals surface area contributed by atoms with E-state index < -0.39 is 66.2 Å². The molecule has 0 aliphatic rings. The third-order valence-corrected chi connectivity index (χ3v) is 7.69. The first-order chi connectivity index (χ1) is 27.1. The lowest BCUT2D eigenvalue weighted by molar-refractivity contribution is -0.142. The summed E-state index contributed by atoms with van der Waals surface area (Å²) < 4.78 is 0. The molecule has 0 aromatic heterocycles. The Bertz CT molecular complexity index is 1290. The van der Waals surface area contributed by atoms with Gasteiger partial charge in [-0.25, -0.2) is 4.79 Å². The summed E-state index contributed by atoms with van der Waals surface area (Å²) in [5.74, 6) is -5.10. The lowest BCUT2D eigenvalue weighted by atomic mass is 10.1. The second kappa shape index (κ2) is 33.9. The Balaban J connectivity index is 0. The largest absolute Gasteiger partial charge is 0.480 e. The van der Waals surface area contributed by atoms with Crippen molar-refractivity contribution < 1.29 is 33.9 Å². The molecule has 5 amide bonds. The zero-order valence-electron chi connectivity index (χ0n) is 34.0. The van der Waals surface area contributed by atoms with E-state index >= 15 is 0 Å². The minimum Gasteiger partial charge on any atom is -0.480 e. The van der Waals surface area contributed by atoms with Crippen molar-refractivity contribution in [2.75, 3.05) is 52.4 Å². The molecular weight excluding hydrogens is 744 g/mol. The number of rotatable bonds is 31. The summed E-state index contributed by atoms with van der Waals surface area (Å²) in [6.07, 6.45) is 2.40. The average Bonchev–Trinajstić information content (AvgIpc) is 3.16. The molecule has 0 fully saturated rings. The van der Waals surface area contributed by atoms with E-state index in [1.807, 2.05) is 27.7 Å². The fourth-order valence-corrected chi connectivity index (χ4v) is 4.91. The summed E-state index contributed by atoms with van der Waals surface area (Å²) in [6.45, 7) is 9.55. The monoisotopic (exact) mass is 815 g/mol. The number of carbonyl (C=O) groups excluding carboxylic acids is 5. The summed E-state index contributed by atoms with van der Waals surface area (Å²) >= 11 is 0. The third kappa shape index (κ3) is 29.5. The molecule has 4 unspecified atom stereocenters. The maximum atomic E-state index is 13.8. The maximum absolute atomic E-state index is 13.8. The average molecular weight is 815 g/mol. The van der Waals surface area contributed by atoms with Crippen LogP contribution in [0.3, 0.4) is 0 Å². The summed E-state index contributed by atoms with van der Waals surface area (Å²) in [5.41, 5.74) is 32.5. The second-order valence-electron chi connectivity index (χ2n) is 12.4. The number of hydrogen-bond donors (Lipinski definition) is 14. The SMILES string of the molecule is CC.CCNCCCCC(NC(=O)CNC(=O)C(CCCN=C(N)N)NC(=O)C(CCCN=C(N)N)NC(=O)C(CCCN=C(N)N)NC(=O)CNCC)C(=O)O. The fraction of sp³-hybridized carbons (Fsp3) is 0.735. The molecule has 57 heavy (non-hydrogen) atoms. The molecular formula is C34H70N16O7. The number of amides is 5. The first-order valence-electron chi connectivity index (χ1n) is 19.4. The second-order valence-corrected chi connectivity index (χ2v) is 12.4. The number of aliphatic carboxylic acids is 1. The van der Waals surface area contributed by atoms with Crippen LogP contribution in [0.15, 0.2) is 15.0 Å². The van der Waals surface area contributed by atoms with Gasteiger partial charge in [-0.15, -0.1) is 0 Å². The highest BCUT2D eigenvalue weighted by atomic mass is 16.4. The van der Waals surface area contributed by atoms with Crippen LogP contribution in [-0.4, -0.2) is 135 Å². The van der Waals surface area contributed by atoms with Gasteiger partial charge in [-0.2, -0.15) is 0 Å². The van der Waals surface area contributed by atoms with Crippen molar-refractivity contribution in [2.24, 2.45) is 49.4 Å². The van der Waals surface area contributed by atoms with E-state index in [2.05, 4.69) is 52.2 Å². The summed E-state index contributed by atoms with van der Waals surface area (Å²) in [4.78, 5) is 89.3. The third-order valence-electron chi connectivity index (χ3n) is 7.69. The van der Waals surface area contributed by atoms with Crippen LogP contribution in [0.25, 0.3) is 0 Å². The molecule has 0 aromatic rings. The van der Waals surface area contributed by atoms with E-state index in [4.69, 9.17) is 34.4 Å². The maximum Gasteiger partial charge on any atom is 0.326 e. The summed E-state index contributed by atoms with van der Waals surface area (Å²) in [6, 6.07) is -4.70. The smallest absolute Gasteiger partial charge is 0.326 e. The molecule has 23 nitrogen and oxygen atoms in total. The quantitative estimate of drug-likeness (QED) is 0.0179. The normalized spacial score (nSPS) is 12.4. The van der Waals surface area contributed by atoms with Crippen LogP contribution >= 0.6 is 0 Å². The molecule has 20 N–H and O–H groups in total. The number of guanidine groups is 3. The van der Waals surface area contributed by atoms with Crippen LogP contribution in [0, 0.1) is 0 Å². The summed E-state index contributed by atoms with van der Waals surface area (Å²) in [5, 5.41) is 28.4. The van der Waals surface area contributed by atoms with Gasteiger partial charge in [0, 0.05) is 19.6 Å². The van der Waals surface area contributed by atoms with Crippen LogP contribution in [0.1, 0.15) is 85.5 Å². The van der Waals surface area contributed by atoms with Gasteiger partial charge in [0.05, 0.1) is 13.1 Å². The van der Waals surface area contributed by atoms with Crippen molar-refractivity contribution >= 4 is 53.4 Å². The minimum atomic E-state index is -1.23. The van der Waals surface area contributed by atoms with Gasteiger partial charge in [-0.1, -0.05) is 27.7 Å². The van der Waals surface area contributed by atoms with Crippen molar-refractivity contribution in [3.05, 3.63) is 0 Å². The predicted molar refractivity (Wildman–Crippen MR) is 220 cm³/mol. The van der Waals surface area contributed by atoms with Crippen molar-refractivity contribution in [2.45, 2.75) is 110 Å². The molecule has 328 valence electrons. The number of likely N-dealkylation sites (N-methyl/N-ethyl adjacent to an activating group) is 1. The number of nitrogens with zero attached hydrogens (tertiary/aromatic N) is 3. The van der Waals surface area contributed by atoms with Crippen molar-refractivity contribution in [3.8, 4) is 0 Å². The number of nitrogens with one attached hydrogen (secondary N) is 7. The van der Waals surface area contributed by atoms with Crippen molar-refractivity contribution in [3.63, 3.8) is 0 Å². The van der Waals surface area contributed by atoms with Gasteiger partial charge in [0.1, 0.15) is 24.2 Å². The van der Waals surface area contributed by atoms with Gasteiger partial charge < -0.3 is 76.7 Å². The molecule has 0 saturated carbocycles. The number of unbranched alkanes of at least 4 members (excludes halogenated alkanes) is 1. The van der Waals surface area contributed by atoms with Gasteiger partial charge in [-0.3, -0.25) is 38.9 Å². The van der Waals surface area contributed by atoms with Crippen LogP contribution in [-0.2, 0) is 28.8 Å². The number of carboxylic acids is 1. The van der Waals surface area contributed by atoms with Crippen LogP contribution in [0.2, 0.25) is 0 Å². The summed E-state index contributed by atoms with van der Waals surface area (Å²) in [7, 11) is 0. The van der Waals surface area contributed by atoms with Gasteiger partial charge in [0.15, 0.2) is 17.9 Å². The van der Waals surface area contributed by atoms with E-state index in [-0.39, 0.29) is 82.6 Å². The molecule has 4 atom stereocenters. The lowest BCUT2D eigenvalue weighted by Gasteiger charge is -2.25. The fourth-order valence-electron chi connectivity index (χ4n) is 4.91. The minimum absolute atomic E-state index is 0.0160. The molecule has 23 heteroatoms. The number of nitrogens with two attached hydrogens (primary N) is 6. The van der Waals surface area contributed by atoms with Gasteiger partial charge in [-0.05, 0) is 77.4 Å². The number of aliphatic imine (C=N–C) groups is 3. The van der Waals surface area contributed by atoms with Gasteiger partial charge >= 0.3 is 5.97 Å². The molecule has 0 radical (unpaired) electrons. The van der Waals surface area contributed by atoms with Gasteiger partial charge in [0.2, 0.25) is 29.5 Å². The number of hydrogen-bond acceptors (Lipinski definition) is 11. The molecule has 0 aliphatic carbocycles. The Morgan fingerprint density at radius 2 is 0.895 bits per heavy atom. The van der Waals surface area contributed by atoms with E-state index in [9.17, 15) is 33.9 Å². The zero-order valence-corrected chi connectivity index (χ0v) is 34.0. The lowest BCUT2D eigenvalue weighted by Crippen LogP contribution is -2.57. The molecule has 0 aromatic carbocycles. The van der Waals surface area contributed by atoms with Crippen molar-refractivity contribution in [1.82, 2.24) is 37.2 Å². The standard InChI is InChI=1S/C32H64N16O7.C2H6/c1-3-39-14-6-5-10-23(29(54)55)46-25(50)19-44-26(51)20(11-7-15-41-30(33)34)47-28(53)22(13-9-17-43-32(37)38)48-27(52)21(12-8-16-42-31(35)36)45-24(49)18-40-4-2;1-2/h20-23,39-40H,3-19H2,1-2H3,(H,44,51)(H,45,49)(H,46,50)(H,47,53)(H,48,52)(H,54,55)(H4,33,34,41)(H4,35,36,42)(H4,37,38,43);1-2H3. The Morgan fingerprint density at radius 3 is 1.32 bits per heavy atom. The number of carboxylic acid groups (broad SMARTS) is 1. The van der Waals surface area contributed by atoms with Crippen molar-refractivity contribution in [1.29, 1.82) is 0 Å². The molecule has 0 heterocycles. The Labute approximate surface area is 335 Å². The first-order valence-corrected chi connectivity index (χ1v) is 19.4. The van der Waals surface area contributed by atoms with E-state index in [0.29, 0.717) is 32.4 Å². The van der Waals surface area contributed by atoms with Crippen LogP contribution in [0.5, 0.6) is 0 Å². The van der Waals surface area contributed by atoms with Gasteiger partial charge in [0.25, 0.3) is 0 Å². The van der Waals surface area contributed by atoms with E-state index in [0.717, 1.165) is 6.54 Å². The Morgan fingerprint density at radius 1 is 0.509 bits per heavy atom. The molecule has 0 rings (SSSR count). The predicted octanol–water partition coefficient (Wildman–Crippen LogP) is -4.30. The molecule has 0 bridgehead atoms.